The van der Waals surface area contributed by atoms with E-state index in [1.165, 1.54) is 25.2 Å². The lowest BCUT2D eigenvalue weighted by Gasteiger charge is -2.17. The lowest BCUT2D eigenvalue weighted by molar-refractivity contribution is 0.138. The minimum absolute atomic E-state index is 0.0628. The van der Waals surface area contributed by atoms with E-state index in [1.54, 1.807) is 0 Å². The first kappa shape index (κ1) is 15.9. The third-order valence-electron chi connectivity index (χ3n) is 2.50. The predicted octanol–water partition coefficient (Wildman–Crippen LogP) is 1.87. The van der Waals surface area contributed by atoms with Gasteiger partial charge in [-0.3, -0.25) is 0 Å². The smallest absolute Gasteiger partial charge is 0.244 e. The number of sulfonamides is 1. The molecule has 0 saturated carbocycles. The molecule has 7 heteroatoms. The van der Waals surface area contributed by atoms with Gasteiger partial charge in [0.05, 0.1) is 23.3 Å². The summed E-state index contributed by atoms with van der Waals surface area (Å²) in [6.07, 6.45) is 0. The van der Waals surface area contributed by atoms with E-state index in [9.17, 15) is 8.42 Å². The summed E-state index contributed by atoms with van der Waals surface area (Å²) in [5, 5.41) is 8.91. The fraction of sp³-hybridized carbons (Fsp3) is 0.417. The summed E-state index contributed by atoms with van der Waals surface area (Å²) < 4.78 is 30.9. The van der Waals surface area contributed by atoms with E-state index < -0.39 is 10.0 Å². The Hall–Kier alpha value is -1.13. The van der Waals surface area contributed by atoms with Gasteiger partial charge in [0.2, 0.25) is 10.0 Å². The van der Waals surface area contributed by atoms with Crippen molar-refractivity contribution >= 4 is 21.6 Å². The monoisotopic (exact) mass is 302 g/mol. The molecular formula is C12H15ClN2O3S. The third kappa shape index (κ3) is 3.91. The quantitative estimate of drug-likeness (QED) is 0.752. The van der Waals surface area contributed by atoms with Gasteiger partial charge in [0, 0.05) is 20.2 Å². The van der Waals surface area contributed by atoms with Crippen molar-refractivity contribution in [2.45, 2.75) is 11.8 Å². The molecule has 0 aromatic heterocycles. The largest absolute Gasteiger partial charge is 0.380 e. The van der Waals surface area contributed by atoms with Gasteiger partial charge in [-0.2, -0.15) is 9.57 Å². The number of likely N-dealkylation sites (N-methyl/N-ethyl adjacent to an activating group) is 1. The van der Waals surface area contributed by atoms with Crippen molar-refractivity contribution in [3.63, 3.8) is 0 Å². The first-order valence-electron chi connectivity index (χ1n) is 5.67. The summed E-state index contributed by atoms with van der Waals surface area (Å²) in [6, 6.07) is 6.04. The van der Waals surface area contributed by atoms with Gasteiger partial charge in [-0.1, -0.05) is 11.6 Å². The zero-order valence-corrected chi connectivity index (χ0v) is 12.3. The van der Waals surface area contributed by atoms with Crippen LogP contribution < -0.4 is 0 Å². The number of ether oxygens (including phenoxy) is 1. The van der Waals surface area contributed by atoms with Crippen LogP contribution in [0.15, 0.2) is 23.1 Å². The molecule has 0 aliphatic rings. The second kappa shape index (κ2) is 6.87. The van der Waals surface area contributed by atoms with Gasteiger partial charge in [-0.05, 0) is 25.1 Å². The molecule has 5 nitrogen and oxygen atoms in total. The minimum Gasteiger partial charge on any atom is -0.380 e. The Morgan fingerprint density at radius 3 is 2.74 bits per heavy atom. The Balaban J connectivity index is 3.03. The topological polar surface area (TPSA) is 70.4 Å². The zero-order chi connectivity index (χ0) is 14.5. The lowest BCUT2D eigenvalue weighted by Crippen LogP contribution is -2.30. The maximum atomic E-state index is 12.3. The highest BCUT2D eigenvalue weighted by atomic mass is 35.5. The highest BCUT2D eigenvalue weighted by molar-refractivity contribution is 7.89. The van der Waals surface area contributed by atoms with Crippen LogP contribution in [0.3, 0.4) is 0 Å². The molecule has 0 heterocycles. The summed E-state index contributed by atoms with van der Waals surface area (Å²) in [5.74, 6) is 0. The van der Waals surface area contributed by atoms with Crippen LogP contribution in [-0.2, 0) is 14.8 Å². The number of rotatable bonds is 6. The molecule has 104 valence electrons. The molecule has 0 radical (unpaired) electrons. The maximum absolute atomic E-state index is 12.3. The molecule has 0 aliphatic carbocycles. The van der Waals surface area contributed by atoms with Gasteiger partial charge in [-0.15, -0.1) is 0 Å². The van der Waals surface area contributed by atoms with Gasteiger partial charge in [0.15, 0.2) is 0 Å². The van der Waals surface area contributed by atoms with Crippen LogP contribution >= 0.6 is 11.6 Å². The van der Waals surface area contributed by atoms with Crippen molar-refractivity contribution in [2.75, 3.05) is 26.8 Å². The highest BCUT2D eigenvalue weighted by Gasteiger charge is 2.23. The van der Waals surface area contributed by atoms with E-state index in [0.717, 1.165) is 4.31 Å². The number of nitrogens with zero attached hydrogens (tertiary/aromatic N) is 2. The molecule has 1 aromatic carbocycles. The number of hydrogen-bond donors (Lipinski definition) is 0. The van der Waals surface area contributed by atoms with Crippen LogP contribution in [0, 0.1) is 11.3 Å². The zero-order valence-electron chi connectivity index (χ0n) is 10.8. The molecule has 0 fully saturated rings. The molecule has 0 bridgehead atoms. The summed E-state index contributed by atoms with van der Waals surface area (Å²) in [4.78, 5) is -0.0628. The van der Waals surface area contributed by atoms with E-state index in [1.807, 2.05) is 13.0 Å². The molecule has 0 spiro atoms. The molecule has 19 heavy (non-hydrogen) atoms. The SMILES string of the molecule is CCOCCN(C)S(=O)(=O)c1cc(C#N)ccc1Cl. The summed E-state index contributed by atoms with van der Waals surface area (Å²) >= 11 is 5.90. The van der Waals surface area contributed by atoms with Gasteiger partial charge < -0.3 is 4.74 Å². The van der Waals surface area contributed by atoms with Crippen LogP contribution in [0.2, 0.25) is 5.02 Å². The molecule has 0 unspecified atom stereocenters. The summed E-state index contributed by atoms with van der Waals surface area (Å²) in [5.41, 5.74) is 0.251. The van der Waals surface area contributed by atoms with Crippen LogP contribution in [0.1, 0.15) is 12.5 Å². The van der Waals surface area contributed by atoms with Gasteiger partial charge in [-0.25, -0.2) is 8.42 Å². The molecule has 0 saturated heterocycles. The van der Waals surface area contributed by atoms with Crippen molar-refractivity contribution in [2.24, 2.45) is 0 Å². The fourth-order valence-corrected chi connectivity index (χ4v) is 3.05. The normalized spacial score (nSPS) is 11.5. The Bertz CT molecular complexity index is 581. The fourth-order valence-electron chi connectivity index (χ4n) is 1.40. The Labute approximate surface area is 118 Å². The summed E-state index contributed by atoms with van der Waals surface area (Å²) in [7, 11) is -2.26. The molecule has 0 amide bonds. The average molecular weight is 303 g/mol. The Kier molecular flexibility index (Phi) is 5.76. The van der Waals surface area contributed by atoms with Crippen molar-refractivity contribution in [1.29, 1.82) is 5.26 Å². The van der Waals surface area contributed by atoms with Crippen molar-refractivity contribution in [3.05, 3.63) is 28.8 Å². The second-order valence-electron chi connectivity index (χ2n) is 3.78. The maximum Gasteiger partial charge on any atom is 0.244 e. The van der Waals surface area contributed by atoms with Crippen molar-refractivity contribution in [3.8, 4) is 6.07 Å². The van der Waals surface area contributed by atoms with E-state index in [2.05, 4.69) is 0 Å². The van der Waals surface area contributed by atoms with E-state index in [4.69, 9.17) is 21.6 Å². The van der Waals surface area contributed by atoms with Crippen LogP contribution in [0.5, 0.6) is 0 Å². The molecule has 0 aliphatic heterocycles. The second-order valence-corrected chi connectivity index (χ2v) is 6.20. The molecule has 0 atom stereocenters. The van der Waals surface area contributed by atoms with E-state index in [-0.39, 0.29) is 22.0 Å². The predicted molar refractivity (Wildman–Crippen MR) is 72.5 cm³/mol. The van der Waals surface area contributed by atoms with Gasteiger partial charge in [0.1, 0.15) is 4.90 Å². The molecule has 1 aromatic rings. The number of hydrogen-bond acceptors (Lipinski definition) is 4. The van der Waals surface area contributed by atoms with E-state index in [0.29, 0.717) is 13.2 Å². The van der Waals surface area contributed by atoms with E-state index >= 15 is 0 Å². The first-order valence-corrected chi connectivity index (χ1v) is 7.49. The summed E-state index contributed by atoms with van der Waals surface area (Å²) in [6.45, 7) is 2.89. The first-order chi connectivity index (χ1) is 8.93. The highest BCUT2D eigenvalue weighted by Crippen LogP contribution is 2.24. The number of nitriles is 1. The van der Waals surface area contributed by atoms with Crippen LogP contribution in [0.4, 0.5) is 0 Å². The number of benzene rings is 1. The number of halogens is 1. The Morgan fingerprint density at radius 1 is 1.47 bits per heavy atom. The van der Waals surface area contributed by atoms with Gasteiger partial charge >= 0.3 is 0 Å². The third-order valence-corrected chi connectivity index (χ3v) is 4.84. The standard InChI is InChI=1S/C12H15ClN2O3S/c1-3-18-7-6-15(2)19(16,17)12-8-10(9-14)4-5-11(12)13/h4-5,8H,3,6-7H2,1-2H3. The van der Waals surface area contributed by atoms with Crippen molar-refractivity contribution < 1.29 is 13.2 Å². The lowest BCUT2D eigenvalue weighted by atomic mass is 10.2. The molecule has 0 N–H and O–H groups in total. The van der Waals surface area contributed by atoms with Crippen LogP contribution in [0.25, 0.3) is 0 Å². The van der Waals surface area contributed by atoms with Crippen LogP contribution in [-0.4, -0.2) is 39.5 Å². The Morgan fingerprint density at radius 2 is 2.16 bits per heavy atom. The van der Waals surface area contributed by atoms with Gasteiger partial charge in [0.25, 0.3) is 0 Å². The minimum atomic E-state index is -3.71. The molecular weight excluding hydrogens is 288 g/mol. The molecule has 1 rings (SSSR count). The van der Waals surface area contributed by atoms with Crippen molar-refractivity contribution in [1.82, 2.24) is 4.31 Å². The average Bonchev–Trinajstić information content (AvgIpc) is 2.39.